The van der Waals surface area contributed by atoms with Gasteiger partial charge in [0.15, 0.2) is 6.10 Å². The van der Waals surface area contributed by atoms with Gasteiger partial charge in [0.1, 0.15) is 17.3 Å². The third kappa shape index (κ3) is 3.23. The lowest BCUT2D eigenvalue weighted by Gasteiger charge is -2.12. The van der Waals surface area contributed by atoms with Crippen molar-refractivity contribution in [3.63, 3.8) is 0 Å². The Morgan fingerprint density at radius 3 is 2.80 bits per heavy atom. The molecule has 0 bridgehead atoms. The van der Waals surface area contributed by atoms with E-state index >= 15 is 0 Å². The van der Waals surface area contributed by atoms with Crippen LogP contribution < -0.4 is 9.47 Å². The predicted octanol–water partition coefficient (Wildman–Crippen LogP) is 3.55. The van der Waals surface area contributed by atoms with Gasteiger partial charge in [-0.1, -0.05) is 5.92 Å². The standard InChI is InChI=1S/C18H15N3O4/c1-4-11(2)25-13-6-7-14(17(10-13)24-3)18-19-15-8-5-12(21(22)23)9-16(15)20-18/h1,5-11H,2-3H3,(H,19,20). The lowest BCUT2D eigenvalue weighted by Crippen LogP contribution is -2.08. The van der Waals surface area contributed by atoms with Gasteiger partial charge in [-0.25, -0.2) is 4.98 Å². The van der Waals surface area contributed by atoms with Crippen molar-refractivity contribution in [2.75, 3.05) is 7.11 Å². The van der Waals surface area contributed by atoms with Gasteiger partial charge in [0.05, 0.1) is 28.6 Å². The smallest absolute Gasteiger partial charge is 0.271 e. The number of nitrogens with zero attached hydrogens (tertiary/aromatic N) is 2. The van der Waals surface area contributed by atoms with Crippen molar-refractivity contribution in [3.05, 3.63) is 46.5 Å². The number of non-ortho nitro benzene ring substituents is 1. The molecule has 25 heavy (non-hydrogen) atoms. The van der Waals surface area contributed by atoms with Crippen molar-refractivity contribution in [2.45, 2.75) is 13.0 Å². The predicted molar refractivity (Wildman–Crippen MR) is 93.7 cm³/mol. The third-order valence-electron chi connectivity index (χ3n) is 3.65. The Morgan fingerprint density at radius 1 is 1.32 bits per heavy atom. The first-order chi connectivity index (χ1) is 12.0. The average molecular weight is 337 g/mol. The molecule has 126 valence electrons. The quantitative estimate of drug-likeness (QED) is 0.437. The van der Waals surface area contributed by atoms with Gasteiger partial charge in [0, 0.05) is 18.2 Å². The molecule has 0 saturated heterocycles. The molecule has 0 aliphatic heterocycles. The average Bonchev–Trinajstić information content (AvgIpc) is 3.04. The summed E-state index contributed by atoms with van der Waals surface area (Å²) in [5.74, 6) is 4.17. The Bertz CT molecular complexity index is 988. The summed E-state index contributed by atoms with van der Waals surface area (Å²) in [6.45, 7) is 1.77. The van der Waals surface area contributed by atoms with Crippen LogP contribution in [-0.4, -0.2) is 28.1 Å². The zero-order valence-electron chi connectivity index (χ0n) is 13.6. The van der Waals surface area contributed by atoms with E-state index in [1.807, 2.05) is 0 Å². The van der Waals surface area contributed by atoms with Crippen LogP contribution in [0.2, 0.25) is 0 Å². The molecule has 0 saturated carbocycles. The van der Waals surface area contributed by atoms with E-state index in [2.05, 4.69) is 15.9 Å². The Kier molecular flexibility index (Phi) is 4.27. The van der Waals surface area contributed by atoms with E-state index in [4.69, 9.17) is 15.9 Å². The maximum atomic E-state index is 10.9. The SMILES string of the molecule is C#CC(C)Oc1ccc(-c2nc3ccc([N+](=O)[O-])cc3[nH]2)c(OC)c1. The molecular formula is C18H15N3O4. The van der Waals surface area contributed by atoms with Crippen LogP contribution in [0.15, 0.2) is 36.4 Å². The molecule has 1 N–H and O–H groups in total. The molecule has 2 aromatic carbocycles. The molecule has 1 unspecified atom stereocenters. The summed E-state index contributed by atoms with van der Waals surface area (Å²) in [5, 5.41) is 10.9. The largest absolute Gasteiger partial charge is 0.496 e. The molecule has 7 nitrogen and oxygen atoms in total. The number of aromatic amines is 1. The summed E-state index contributed by atoms with van der Waals surface area (Å²) in [5.41, 5.74) is 1.92. The van der Waals surface area contributed by atoms with Crippen molar-refractivity contribution in [3.8, 4) is 35.2 Å². The van der Waals surface area contributed by atoms with Crippen molar-refractivity contribution in [1.82, 2.24) is 9.97 Å². The van der Waals surface area contributed by atoms with Gasteiger partial charge in [-0.2, -0.15) is 0 Å². The van der Waals surface area contributed by atoms with E-state index < -0.39 is 4.92 Å². The zero-order valence-corrected chi connectivity index (χ0v) is 13.6. The fourth-order valence-electron chi connectivity index (χ4n) is 2.42. The second-order valence-corrected chi connectivity index (χ2v) is 5.33. The summed E-state index contributed by atoms with van der Waals surface area (Å²) < 4.78 is 11.0. The van der Waals surface area contributed by atoms with E-state index in [1.54, 1.807) is 38.3 Å². The van der Waals surface area contributed by atoms with E-state index in [0.29, 0.717) is 33.9 Å². The summed E-state index contributed by atoms with van der Waals surface area (Å²) in [7, 11) is 1.54. The van der Waals surface area contributed by atoms with Gasteiger partial charge in [-0.3, -0.25) is 10.1 Å². The highest BCUT2D eigenvalue weighted by atomic mass is 16.6. The van der Waals surface area contributed by atoms with E-state index in [1.165, 1.54) is 12.1 Å². The first-order valence-corrected chi connectivity index (χ1v) is 7.47. The third-order valence-corrected chi connectivity index (χ3v) is 3.65. The maximum Gasteiger partial charge on any atom is 0.271 e. The summed E-state index contributed by atoms with van der Waals surface area (Å²) in [4.78, 5) is 18.0. The molecule has 0 aliphatic rings. The number of methoxy groups -OCH3 is 1. The lowest BCUT2D eigenvalue weighted by atomic mass is 10.2. The number of nitrogens with one attached hydrogen (secondary N) is 1. The number of imidazole rings is 1. The molecule has 1 aromatic heterocycles. The van der Waals surface area contributed by atoms with Crippen LogP contribution in [0, 0.1) is 22.5 Å². The number of ether oxygens (including phenoxy) is 2. The number of nitro groups is 1. The summed E-state index contributed by atoms with van der Waals surface area (Å²) >= 11 is 0. The number of rotatable bonds is 5. The van der Waals surface area contributed by atoms with Crippen molar-refractivity contribution < 1.29 is 14.4 Å². The van der Waals surface area contributed by atoms with Gasteiger partial charge < -0.3 is 14.5 Å². The topological polar surface area (TPSA) is 90.3 Å². The first kappa shape index (κ1) is 16.3. The Hall–Kier alpha value is -3.53. The van der Waals surface area contributed by atoms with E-state index in [9.17, 15) is 10.1 Å². The van der Waals surface area contributed by atoms with Crippen LogP contribution >= 0.6 is 0 Å². The lowest BCUT2D eigenvalue weighted by molar-refractivity contribution is -0.384. The Balaban J connectivity index is 2.02. The highest BCUT2D eigenvalue weighted by Crippen LogP contribution is 2.33. The number of hydrogen-bond donors (Lipinski definition) is 1. The van der Waals surface area contributed by atoms with Gasteiger partial charge in [0.2, 0.25) is 0 Å². The molecule has 0 fully saturated rings. The maximum absolute atomic E-state index is 10.9. The minimum Gasteiger partial charge on any atom is -0.496 e. The molecule has 7 heteroatoms. The molecule has 1 atom stereocenters. The highest BCUT2D eigenvalue weighted by molar-refractivity contribution is 5.82. The number of H-pyrrole nitrogens is 1. The number of fused-ring (bicyclic) bond motifs is 1. The molecular weight excluding hydrogens is 322 g/mol. The van der Waals surface area contributed by atoms with Crippen LogP contribution in [0.25, 0.3) is 22.4 Å². The highest BCUT2D eigenvalue weighted by Gasteiger charge is 2.14. The van der Waals surface area contributed by atoms with E-state index in [-0.39, 0.29) is 11.8 Å². The minimum absolute atomic E-state index is 0.00156. The monoisotopic (exact) mass is 337 g/mol. The second kappa shape index (κ2) is 6.53. The number of hydrogen-bond acceptors (Lipinski definition) is 5. The minimum atomic E-state index is -0.445. The van der Waals surface area contributed by atoms with Crippen molar-refractivity contribution >= 4 is 16.7 Å². The van der Waals surface area contributed by atoms with Gasteiger partial charge >= 0.3 is 0 Å². The fraction of sp³-hybridized carbons (Fsp3) is 0.167. The Labute approximate surface area is 143 Å². The summed E-state index contributed by atoms with van der Waals surface area (Å²) in [6.07, 6.45) is 4.96. The molecule has 1 heterocycles. The van der Waals surface area contributed by atoms with Crippen LogP contribution in [0.5, 0.6) is 11.5 Å². The first-order valence-electron chi connectivity index (χ1n) is 7.47. The summed E-state index contributed by atoms with van der Waals surface area (Å²) in [6, 6.07) is 9.75. The van der Waals surface area contributed by atoms with Crippen LogP contribution in [-0.2, 0) is 0 Å². The molecule has 0 amide bonds. The van der Waals surface area contributed by atoms with E-state index in [0.717, 1.165) is 0 Å². The number of nitro benzene ring substituents is 1. The molecule has 0 spiro atoms. The number of benzene rings is 2. The molecule has 0 radical (unpaired) electrons. The molecule has 3 aromatic rings. The fourth-order valence-corrected chi connectivity index (χ4v) is 2.42. The van der Waals surface area contributed by atoms with Crippen LogP contribution in [0.4, 0.5) is 5.69 Å². The van der Waals surface area contributed by atoms with Gasteiger partial charge in [-0.05, 0) is 25.1 Å². The van der Waals surface area contributed by atoms with Gasteiger partial charge in [0.25, 0.3) is 5.69 Å². The van der Waals surface area contributed by atoms with Crippen LogP contribution in [0.1, 0.15) is 6.92 Å². The second-order valence-electron chi connectivity index (χ2n) is 5.33. The van der Waals surface area contributed by atoms with Crippen LogP contribution in [0.3, 0.4) is 0 Å². The normalized spacial score (nSPS) is 11.7. The number of aromatic nitrogens is 2. The van der Waals surface area contributed by atoms with Gasteiger partial charge in [-0.15, -0.1) is 6.42 Å². The Morgan fingerprint density at radius 2 is 2.12 bits per heavy atom. The molecule has 3 rings (SSSR count). The molecule has 0 aliphatic carbocycles. The van der Waals surface area contributed by atoms with Crippen molar-refractivity contribution in [2.24, 2.45) is 0 Å². The van der Waals surface area contributed by atoms with Crippen molar-refractivity contribution in [1.29, 1.82) is 0 Å². The zero-order chi connectivity index (χ0) is 18.0. The number of terminal acetylenes is 1.